The van der Waals surface area contributed by atoms with Gasteiger partial charge >= 0.3 is 12.4 Å². The molecule has 0 spiro atoms. The van der Waals surface area contributed by atoms with E-state index in [1.54, 1.807) is 0 Å². The number of hydrogen-bond donors (Lipinski definition) is 0. The third-order valence-electron chi connectivity index (χ3n) is 1.15. The molecule has 0 nitrogen and oxygen atoms in total. The molecule has 0 aliphatic heterocycles. The topological polar surface area (TPSA) is 0 Å². The fourth-order valence-corrected chi connectivity index (χ4v) is 2.07. The molecule has 0 saturated heterocycles. The van der Waals surface area contributed by atoms with E-state index in [0.29, 0.717) is 32.4 Å². The molecule has 0 aliphatic carbocycles. The number of rotatable bonds is 5. The van der Waals surface area contributed by atoms with Crippen molar-refractivity contribution in [2.45, 2.75) is 25.2 Å². The third-order valence-corrected chi connectivity index (χ3v) is 2.87. The first-order valence-corrected chi connectivity index (χ1v) is 6.42. The van der Waals surface area contributed by atoms with Crippen LogP contribution in [0.15, 0.2) is 22.5 Å². The summed E-state index contributed by atoms with van der Waals surface area (Å²) in [5, 5.41) is 0.908. The highest BCUT2D eigenvalue weighted by Crippen LogP contribution is 2.33. The summed E-state index contributed by atoms with van der Waals surface area (Å²) in [4.78, 5) is 0. The van der Waals surface area contributed by atoms with Crippen LogP contribution in [0, 0.1) is 0 Å². The van der Waals surface area contributed by atoms with E-state index in [9.17, 15) is 35.1 Å². The average molecular weight is 318 g/mol. The Morgan fingerprint density at radius 2 is 1.00 bits per heavy atom. The molecular formula is C8H6F8S2. The summed E-state index contributed by atoms with van der Waals surface area (Å²) in [6, 6.07) is 0. The largest absolute Gasteiger partial charge is 0.395 e. The van der Waals surface area contributed by atoms with Crippen LogP contribution in [0.3, 0.4) is 0 Å². The second kappa shape index (κ2) is 7.27. The molecule has 0 radical (unpaired) electrons. The van der Waals surface area contributed by atoms with Crippen molar-refractivity contribution < 1.29 is 35.1 Å². The van der Waals surface area contributed by atoms with E-state index in [1.165, 1.54) is 0 Å². The van der Waals surface area contributed by atoms with Crippen LogP contribution in [0.4, 0.5) is 35.1 Å². The van der Waals surface area contributed by atoms with E-state index in [-0.39, 0.29) is 0 Å². The van der Waals surface area contributed by atoms with E-state index in [1.807, 2.05) is 0 Å². The highest BCUT2D eigenvalue weighted by Gasteiger charge is 2.30. The van der Waals surface area contributed by atoms with Crippen LogP contribution >= 0.6 is 21.6 Å². The van der Waals surface area contributed by atoms with Gasteiger partial charge in [-0.2, -0.15) is 26.3 Å². The summed E-state index contributed by atoms with van der Waals surface area (Å²) in [6.07, 6.45) is -12.9. The first-order valence-electron chi connectivity index (χ1n) is 4.14. The van der Waals surface area contributed by atoms with Crippen molar-refractivity contribution in [1.29, 1.82) is 0 Å². The molecule has 10 heteroatoms. The quantitative estimate of drug-likeness (QED) is 0.352. The standard InChI is InChI=1S/C8H6F8S2/c9-5(1-7(11,12)13)3-17-18-4-6(10)2-8(14,15)16/h3-4H,1-2H2. The van der Waals surface area contributed by atoms with Crippen molar-refractivity contribution in [3.63, 3.8) is 0 Å². The Morgan fingerprint density at radius 1 is 0.722 bits per heavy atom. The Morgan fingerprint density at radius 3 is 1.22 bits per heavy atom. The lowest BCUT2D eigenvalue weighted by Gasteiger charge is -2.03. The molecule has 0 N–H and O–H groups in total. The van der Waals surface area contributed by atoms with Crippen LogP contribution in [0.2, 0.25) is 0 Å². The van der Waals surface area contributed by atoms with Gasteiger partial charge in [0.1, 0.15) is 11.7 Å². The zero-order valence-corrected chi connectivity index (χ0v) is 10.0. The molecule has 18 heavy (non-hydrogen) atoms. The average Bonchev–Trinajstić information content (AvgIpc) is 2.06. The maximum Gasteiger partial charge on any atom is 0.395 e. The Bertz CT molecular complexity index is 282. The molecule has 0 fully saturated rings. The Kier molecular flexibility index (Phi) is 7.11. The predicted octanol–water partition coefficient (Wildman–Crippen LogP) is 5.89. The van der Waals surface area contributed by atoms with Crippen LogP contribution in [-0.2, 0) is 0 Å². The molecule has 0 aliphatic rings. The molecule has 0 rings (SSSR count). The molecule has 0 aromatic carbocycles. The molecule has 0 aromatic rings. The van der Waals surface area contributed by atoms with Crippen molar-refractivity contribution >= 4 is 21.6 Å². The summed E-state index contributed by atoms with van der Waals surface area (Å²) in [7, 11) is 0.705. The number of halogens is 8. The van der Waals surface area contributed by atoms with Crippen LogP contribution in [-0.4, -0.2) is 12.4 Å². The maximum atomic E-state index is 12.5. The van der Waals surface area contributed by atoms with Crippen molar-refractivity contribution in [2.24, 2.45) is 0 Å². The molecule has 0 amide bonds. The summed E-state index contributed by atoms with van der Waals surface area (Å²) in [5.74, 6) is -2.99. The molecule has 0 saturated carbocycles. The fourth-order valence-electron chi connectivity index (χ4n) is 0.626. The van der Waals surface area contributed by atoms with E-state index >= 15 is 0 Å². The second-order valence-corrected chi connectivity index (χ2v) is 4.92. The number of allylic oxidation sites excluding steroid dienone is 2. The van der Waals surface area contributed by atoms with Crippen LogP contribution < -0.4 is 0 Å². The lowest BCUT2D eigenvalue weighted by atomic mass is 10.4. The van der Waals surface area contributed by atoms with Gasteiger partial charge in [0, 0.05) is 10.8 Å². The highest BCUT2D eigenvalue weighted by atomic mass is 33.1. The molecule has 106 valence electrons. The van der Waals surface area contributed by atoms with Gasteiger partial charge in [-0.1, -0.05) is 21.6 Å². The molecule has 0 heterocycles. The van der Waals surface area contributed by atoms with Crippen molar-refractivity contribution in [2.75, 3.05) is 0 Å². The predicted molar refractivity (Wildman–Crippen MR) is 54.9 cm³/mol. The van der Waals surface area contributed by atoms with Gasteiger partial charge in [0.25, 0.3) is 0 Å². The van der Waals surface area contributed by atoms with Gasteiger partial charge < -0.3 is 0 Å². The molecular weight excluding hydrogens is 312 g/mol. The zero-order chi connectivity index (χ0) is 14.4. The van der Waals surface area contributed by atoms with E-state index in [0.717, 1.165) is 0 Å². The normalized spacial score (nSPS) is 15.1. The molecule has 0 aromatic heterocycles. The van der Waals surface area contributed by atoms with E-state index in [4.69, 9.17) is 0 Å². The van der Waals surface area contributed by atoms with Crippen LogP contribution in [0.5, 0.6) is 0 Å². The Labute approximate surface area is 105 Å². The summed E-state index contributed by atoms with van der Waals surface area (Å²) >= 11 is 0. The first kappa shape index (κ1) is 17.6. The van der Waals surface area contributed by atoms with Crippen LogP contribution in [0.1, 0.15) is 12.8 Å². The zero-order valence-electron chi connectivity index (χ0n) is 8.41. The minimum atomic E-state index is -4.71. The van der Waals surface area contributed by atoms with Gasteiger partial charge in [0.05, 0.1) is 12.8 Å². The highest BCUT2D eigenvalue weighted by molar-refractivity contribution is 8.78. The van der Waals surface area contributed by atoms with Crippen molar-refractivity contribution in [1.82, 2.24) is 0 Å². The van der Waals surface area contributed by atoms with E-state index < -0.39 is 36.8 Å². The minimum absolute atomic E-state index is 0.352. The van der Waals surface area contributed by atoms with Gasteiger partial charge in [-0.3, -0.25) is 0 Å². The summed E-state index contributed by atoms with van der Waals surface area (Å²) in [6.45, 7) is 0. The Hall–Kier alpha value is -0.380. The van der Waals surface area contributed by atoms with Gasteiger partial charge in [-0.25, -0.2) is 8.78 Å². The van der Waals surface area contributed by atoms with Crippen molar-refractivity contribution in [3.05, 3.63) is 22.5 Å². The summed E-state index contributed by atoms with van der Waals surface area (Å²) < 4.78 is 94.8. The molecule has 0 bridgehead atoms. The number of alkyl halides is 6. The summed E-state index contributed by atoms with van der Waals surface area (Å²) in [5.41, 5.74) is 0. The molecule has 0 atom stereocenters. The SMILES string of the molecule is FC(=CSSC=C(F)CC(F)(F)F)CC(F)(F)F. The third kappa shape index (κ3) is 12.1. The first-order chi connectivity index (χ1) is 7.99. The van der Waals surface area contributed by atoms with Gasteiger partial charge in [0.2, 0.25) is 0 Å². The van der Waals surface area contributed by atoms with Gasteiger partial charge in [-0.15, -0.1) is 0 Å². The lowest BCUT2D eigenvalue weighted by Crippen LogP contribution is -2.06. The number of hydrogen-bond acceptors (Lipinski definition) is 2. The van der Waals surface area contributed by atoms with Gasteiger partial charge in [-0.05, 0) is 0 Å². The minimum Gasteiger partial charge on any atom is -0.211 e. The smallest absolute Gasteiger partial charge is 0.211 e. The maximum absolute atomic E-state index is 12.5. The van der Waals surface area contributed by atoms with Crippen LogP contribution in [0.25, 0.3) is 0 Å². The monoisotopic (exact) mass is 318 g/mol. The second-order valence-electron chi connectivity index (χ2n) is 2.91. The van der Waals surface area contributed by atoms with E-state index in [2.05, 4.69) is 0 Å². The Balaban J connectivity index is 4.05. The molecule has 0 unspecified atom stereocenters. The fraction of sp³-hybridized carbons (Fsp3) is 0.500. The van der Waals surface area contributed by atoms with Gasteiger partial charge in [0.15, 0.2) is 0 Å². The van der Waals surface area contributed by atoms with Crippen molar-refractivity contribution in [3.8, 4) is 0 Å². The lowest BCUT2D eigenvalue weighted by molar-refractivity contribution is -0.131.